The van der Waals surface area contributed by atoms with Gasteiger partial charge in [-0.3, -0.25) is 9.79 Å². The summed E-state index contributed by atoms with van der Waals surface area (Å²) in [6.07, 6.45) is 2.71. The Kier molecular flexibility index (Phi) is 11.8. The van der Waals surface area contributed by atoms with E-state index in [0.29, 0.717) is 0 Å². The first-order valence-electron chi connectivity index (χ1n) is 5.25. The van der Waals surface area contributed by atoms with Crippen LogP contribution in [0.15, 0.2) is 22.1 Å². The zero-order valence-electron chi connectivity index (χ0n) is 10.7. The fraction of sp³-hybridized carbons (Fsp3) is 0.417. The Bertz CT molecular complexity index is 367. The monoisotopic (exact) mass is 310 g/mol. The summed E-state index contributed by atoms with van der Waals surface area (Å²) in [6, 6.07) is 4.21. The molecule has 5 heteroatoms. The average Bonchev–Trinajstić information content (AvgIpc) is 2.34. The molecule has 4 nitrogen and oxygen atoms in total. The Morgan fingerprint density at radius 2 is 2.12 bits per heavy atom. The maximum absolute atomic E-state index is 10.7. The van der Waals surface area contributed by atoms with Crippen LogP contribution >= 0.6 is 0 Å². The summed E-state index contributed by atoms with van der Waals surface area (Å²) in [7, 11) is 0. The fourth-order valence-corrected chi connectivity index (χ4v) is 1.23. The number of aromatic nitrogens is 1. The van der Waals surface area contributed by atoms with E-state index in [1.54, 1.807) is 12.3 Å². The number of hydrogen-bond acceptors (Lipinski definition) is 3. The molecule has 93 valence electrons. The number of nitrogens with zero attached hydrogens (tertiary/aromatic N) is 1. The Hall–Kier alpha value is -0.476. The molecule has 0 aromatic carbocycles. The average molecular weight is 310 g/mol. The first-order valence-corrected chi connectivity index (χ1v) is 5.25. The number of amidine groups is 1. The first kappa shape index (κ1) is 18.9. The smallest absolute Gasteiger partial charge is 0.155 e. The van der Waals surface area contributed by atoms with Crippen LogP contribution in [0.5, 0.6) is 0 Å². The van der Waals surface area contributed by atoms with Crippen LogP contribution in [0.4, 0.5) is 0 Å². The minimum atomic E-state index is -0.208. The molecule has 17 heavy (non-hydrogen) atoms. The quantitative estimate of drug-likeness (QED) is 0.770. The van der Waals surface area contributed by atoms with E-state index in [9.17, 15) is 4.79 Å². The van der Waals surface area contributed by atoms with Gasteiger partial charge >= 0.3 is 0 Å². The molecule has 2 rings (SSSR count). The van der Waals surface area contributed by atoms with Gasteiger partial charge in [0.15, 0.2) is 5.56 Å². The molecule has 0 saturated heterocycles. The van der Waals surface area contributed by atoms with Gasteiger partial charge in [-0.2, -0.15) is 6.07 Å². The van der Waals surface area contributed by atoms with Crippen molar-refractivity contribution in [1.82, 2.24) is 10.3 Å². The third-order valence-corrected chi connectivity index (χ3v) is 1.89. The summed E-state index contributed by atoms with van der Waals surface area (Å²) in [5, 5.41) is 3.16. The summed E-state index contributed by atoms with van der Waals surface area (Å²) in [6.45, 7) is 5.79. The standard InChI is InChI=1S/C9H10N3O.C2H6.CH3.Y/c13-8-3-2-7(6-12-8)9-10-4-1-5-11-9;1-2;;/h2,6H,1,4-5H2,(H,10,11)(H,12,13);1-2H3;1H3;/q-1;;-1;. The summed E-state index contributed by atoms with van der Waals surface area (Å²) in [4.78, 5) is 17.6. The number of H-pyrrole nitrogens is 1. The summed E-state index contributed by atoms with van der Waals surface area (Å²) < 4.78 is 0. The van der Waals surface area contributed by atoms with Crippen LogP contribution in [0, 0.1) is 13.5 Å². The number of hydrogen-bond donors (Lipinski definition) is 2. The van der Waals surface area contributed by atoms with E-state index in [-0.39, 0.29) is 45.7 Å². The van der Waals surface area contributed by atoms with E-state index in [1.807, 2.05) is 13.8 Å². The van der Waals surface area contributed by atoms with Gasteiger partial charge in [-0.05, 0) is 6.42 Å². The van der Waals surface area contributed by atoms with Crippen LogP contribution in [0.25, 0.3) is 0 Å². The number of pyridine rings is 1. The van der Waals surface area contributed by atoms with Crippen molar-refractivity contribution in [1.29, 1.82) is 0 Å². The van der Waals surface area contributed by atoms with Crippen LogP contribution in [-0.4, -0.2) is 23.9 Å². The van der Waals surface area contributed by atoms with E-state index in [1.165, 1.54) is 0 Å². The molecule has 1 aliphatic heterocycles. The van der Waals surface area contributed by atoms with Crippen LogP contribution < -0.4 is 10.9 Å². The summed E-state index contributed by atoms with van der Waals surface area (Å²) in [5.41, 5.74) is 0.680. The van der Waals surface area contributed by atoms with E-state index in [0.717, 1.165) is 30.9 Å². The van der Waals surface area contributed by atoms with Crippen LogP contribution in [0.2, 0.25) is 0 Å². The number of rotatable bonds is 1. The fourth-order valence-electron chi connectivity index (χ4n) is 1.23. The third kappa shape index (κ3) is 6.13. The van der Waals surface area contributed by atoms with Crippen molar-refractivity contribution in [3.63, 3.8) is 0 Å². The number of aliphatic imine (C=N–C) groups is 1. The minimum Gasteiger partial charge on any atom is -0.385 e. The van der Waals surface area contributed by atoms with Gasteiger partial charge in [-0.15, -0.1) is 5.56 Å². The second kappa shape index (κ2) is 10.7. The normalized spacial score (nSPS) is 12.7. The molecule has 0 atom stereocenters. The van der Waals surface area contributed by atoms with E-state index in [2.05, 4.69) is 21.4 Å². The molecule has 2 N–H and O–H groups in total. The van der Waals surface area contributed by atoms with Crippen molar-refractivity contribution < 1.29 is 32.7 Å². The molecule has 0 amide bonds. The largest absolute Gasteiger partial charge is 0.385 e. The Morgan fingerprint density at radius 3 is 2.59 bits per heavy atom. The summed E-state index contributed by atoms with van der Waals surface area (Å²) in [5.74, 6) is 0.846. The molecule has 0 aliphatic carbocycles. The molecule has 0 bridgehead atoms. The Labute approximate surface area is 128 Å². The van der Waals surface area contributed by atoms with Crippen LogP contribution in [0.1, 0.15) is 25.8 Å². The molecule has 1 aromatic heterocycles. The van der Waals surface area contributed by atoms with Gasteiger partial charge < -0.3 is 17.7 Å². The Balaban J connectivity index is 0. The number of aromatic amines is 1. The van der Waals surface area contributed by atoms with Gasteiger partial charge in [-0.25, -0.2) is 6.07 Å². The molecule has 0 saturated carbocycles. The maximum atomic E-state index is 10.7. The third-order valence-electron chi connectivity index (χ3n) is 1.89. The Morgan fingerprint density at radius 1 is 1.41 bits per heavy atom. The van der Waals surface area contributed by atoms with Crippen molar-refractivity contribution in [3.05, 3.63) is 41.7 Å². The molecule has 1 aromatic rings. The SMILES string of the molecule is CC.O=c1[c-]cc(C2=NCCCN2)c[nH]1.[CH3-].[Y]. The zero-order chi connectivity index (χ0) is 11.1. The van der Waals surface area contributed by atoms with Gasteiger partial charge in [0.2, 0.25) is 0 Å². The first-order chi connectivity index (χ1) is 7.36. The van der Waals surface area contributed by atoms with Crippen molar-refractivity contribution in [2.45, 2.75) is 20.3 Å². The predicted molar refractivity (Wildman–Crippen MR) is 67.7 cm³/mol. The molecule has 0 unspecified atom stereocenters. The molecule has 0 fully saturated rings. The van der Waals surface area contributed by atoms with E-state index < -0.39 is 0 Å². The van der Waals surface area contributed by atoms with Gasteiger partial charge in [-0.1, -0.05) is 20.0 Å². The second-order valence-electron chi connectivity index (χ2n) is 2.87. The molecule has 1 radical (unpaired) electrons. The number of nitrogens with one attached hydrogen (secondary N) is 2. The predicted octanol–water partition coefficient (Wildman–Crippen LogP) is 1.39. The van der Waals surface area contributed by atoms with Gasteiger partial charge in [0, 0.05) is 51.6 Å². The molecular formula is C12H19N3OY-2. The van der Waals surface area contributed by atoms with Crippen molar-refractivity contribution in [2.24, 2.45) is 4.99 Å². The van der Waals surface area contributed by atoms with E-state index in [4.69, 9.17) is 0 Å². The molecular weight excluding hydrogens is 291 g/mol. The maximum Gasteiger partial charge on any atom is 0.155 e. The molecule has 2 heterocycles. The van der Waals surface area contributed by atoms with Crippen molar-refractivity contribution in [3.8, 4) is 0 Å². The van der Waals surface area contributed by atoms with Crippen molar-refractivity contribution in [2.75, 3.05) is 13.1 Å². The van der Waals surface area contributed by atoms with Crippen LogP contribution in [0.3, 0.4) is 0 Å². The summed E-state index contributed by atoms with van der Waals surface area (Å²) >= 11 is 0. The molecule has 0 spiro atoms. The topological polar surface area (TPSA) is 57.2 Å². The van der Waals surface area contributed by atoms with Gasteiger partial charge in [0.25, 0.3) is 0 Å². The molecule has 1 aliphatic rings. The van der Waals surface area contributed by atoms with E-state index >= 15 is 0 Å². The van der Waals surface area contributed by atoms with Crippen molar-refractivity contribution >= 4 is 5.84 Å². The minimum absolute atomic E-state index is 0. The van der Waals surface area contributed by atoms with Crippen LogP contribution in [-0.2, 0) is 32.7 Å². The van der Waals surface area contributed by atoms with Gasteiger partial charge in [0.05, 0.1) is 0 Å². The zero-order valence-corrected chi connectivity index (χ0v) is 13.5. The second-order valence-corrected chi connectivity index (χ2v) is 2.87. The van der Waals surface area contributed by atoms with Gasteiger partial charge in [0.1, 0.15) is 0 Å².